The first-order chi connectivity index (χ1) is 12.2. The smallest absolute Gasteiger partial charge is 0.261 e. The van der Waals surface area contributed by atoms with E-state index in [1.54, 1.807) is 18.2 Å². The third-order valence-electron chi connectivity index (χ3n) is 4.11. The molecule has 0 saturated carbocycles. The molecule has 1 unspecified atom stereocenters. The Balaban J connectivity index is 1.98. The molecule has 1 aliphatic heterocycles. The summed E-state index contributed by atoms with van der Waals surface area (Å²) in [5.41, 5.74) is 1.76. The van der Waals surface area contributed by atoms with Crippen molar-refractivity contribution in [2.75, 3.05) is 16.2 Å². The summed E-state index contributed by atoms with van der Waals surface area (Å²) in [6.45, 7) is 5.51. The minimum absolute atomic E-state index is 0.0722. The van der Waals surface area contributed by atoms with E-state index in [1.807, 2.05) is 19.9 Å². The van der Waals surface area contributed by atoms with Gasteiger partial charge in [0.2, 0.25) is 5.91 Å². The van der Waals surface area contributed by atoms with Crippen molar-refractivity contribution in [3.63, 3.8) is 0 Å². The lowest BCUT2D eigenvalue weighted by Gasteiger charge is -2.33. The molecule has 0 bridgehead atoms. The van der Waals surface area contributed by atoms with Crippen LogP contribution in [0, 0.1) is 6.92 Å². The van der Waals surface area contributed by atoms with Crippen molar-refractivity contribution in [1.29, 1.82) is 0 Å². The van der Waals surface area contributed by atoms with E-state index in [0.717, 1.165) is 10.0 Å². The molecule has 0 aromatic heterocycles. The van der Waals surface area contributed by atoms with Crippen molar-refractivity contribution < 1.29 is 17.9 Å². The number of anilines is 2. The summed E-state index contributed by atoms with van der Waals surface area (Å²) in [6.07, 6.45) is -0.155. The number of fused-ring (bicyclic) bond motifs is 1. The van der Waals surface area contributed by atoms with Crippen LogP contribution in [-0.4, -0.2) is 27.0 Å². The van der Waals surface area contributed by atoms with Crippen LogP contribution in [0.2, 0.25) is 0 Å². The number of nitrogens with one attached hydrogen (secondary N) is 1. The summed E-state index contributed by atoms with van der Waals surface area (Å²) in [5.74, 6) is 0.338. The number of ether oxygens (including phenoxy) is 1. The second-order valence-electron chi connectivity index (χ2n) is 6.25. The first-order valence-electron chi connectivity index (χ1n) is 8.05. The second kappa shape index (κ2) is 6.92. The molecule has 0 spiro atoms. The van der Waals surface area contributed by atoms with E-state index in [2.05, 4.69) is 20.7 Å². The zero-order valence-electron chi connectivity index (χ0n) is 14.6. The van der Waals surface area contributed by atoms with Crippen LogP contribution in [0.1, 0.15) is 19.4 Å². The number of hydrogen-bond acceptors (Lipinski definition) is 4. The van der Waals surface area contributed by atoms with Crippen LogP contribution in [0.5, 0.6) is 5.75 Å². The second-order valence-corrected chi connectivity index (χ2v) is 8.85. The predicted molar refractivity (Wildman–Crippen MR) is 104 cm³/mol. The van der Waals surface area contributed by atoms with Crippen LogP contribution in [-0.2, 0) is 14.8 Å². The zero-order valence-corrected chi connectivity index (χ0v) is 17.0. The van der Waals surface area contributed by atoms with Crippen LogP contribution in [0.25, 0.3) is 0 Å². The number of sulfonamides is 1. The molecule has 138 valence electrons. The summed E-state index contributed by atoms with van der Waals surface area (Å²) in [6, 6.07) is 9.83. The van der Waals surface area contributed by atoms with Gasteiger partial charge in [0.05, 0.1) is 22.8 Å². The molecule has 26 heavy (non-hydrogen) atoms. The molecule has 0 saturated heterocycles. The lowest BCUT2D eigenvalue weighted by Crippen LogP contribution is -2.41. The van der Waals surface area contributed by atoms with Gasteiger partial charge in [0, 0.05) is 11.4 Å². The van der Waals surface area contributed by atoms with E-state index >= 15 is 0 Å². The summed E-state index contributed by atoms with van der Waals surface area (Å²) in [7, 11) is -3.80. The van der Waals surface area contributed by atoms with Gasteiger partial charge < -0.3 is 9.64 Å². The number of aryl methyl sites for hydroxylation is 1. The number of carbonyl (C=O) groups is 1. The minimum Gasteiger partial charge on any atom is -0.487 e. The number of hydrogen-bond donors (Lipinski definition) is 1. The topological polar surface area (TPSA) is 75.7 Å². The predicted octanol–water partition coefficient (Wildman–Crippen LogP) is 3.69. The van der Waals surface area contributed by atoms with Gasteiger partial charge in [0.25, 0.3) is 10.0 Å². The van der Waals surface area contributed by atoms with Gasteiger partial charge in [-0.15, -0.1) is 0 Å². The molecule has 3 rings (SSSR count). The highest BCUT2D eigenvalue weighted by atomic mass is 79.9. The number of nitrogens with zero attached hydrogens (tertiary/aromatic N) is 1. The highest BCUT2D eigenvalue weighted by Gasteiger charge is 2.28. The quantitative estimate of drug-likeness (QED) is 0.792. The normalized spacial score (nSPS) is 16.6. The Morgan fingerprint density at radius 2 is 2.00 bits per heavy atom. The maximum absolute atomic E-state index is 12.8. The Kier molecular flexibility index (Phi) is 4.98. The Hall–Kier alpha value is -2.06. The highest BCUT2D eigenvalue weighted by Crippen LogP contribution is 2.36. The number of carbonyl (C=O) groups excluding carboxylic acids is 1. The molecule has 2 aromatic rings. The lowest BCUT2D eigenvalue weighted by atomic mass is 10.2. The van der Waals surface area contributed by atoms with Gasteiger partial charge >= 0.3 is 0 Å². The molecular formula is C18H19BrN2O4S. The Bertz CT molecular complexity index is 975. The molecule has 1 amide bonds. The Morgan fingerprint density at radius 1 is 1.27 bits per heavy atom. The summed E-state index contributed by atoms with van der Waals surface area (Å²) < 4.78 is 34.8. The van der Waals surface area contributed by atoms with E-state index in [1.165, 1.54) is 24.0 Å². The van der Waals surface area contributed by atoms with Crippen molar-refractivity contribution >= 4 is 43.2 Å². The van der Waals surface area contributed by atoms with E-state index in [0.29, 0.717) is 23.7 Å². The maximum Gasteiger partial charge on any atom is 0.261 e. The Labute approximate surface area is 161 Å². The third kappa shape index (κ3) is 3.71. The minimum atomic E-state index is -3.80. The summed E-state index contributed by atoms with van der Waals surface area (Å²) in [5, 5.41) is 0. The molecule has 6 nitrogen and oxygen atoms in total. The van der Waals surface area contributed by atoms with Gasteiger partial charge in [0.15, 0.2) is 0 Å². The SMILES string of the molecule is CC(=O)N1CC(C)Oc2ccc(S(=O)(=O)Nc3ccc(Br)cc3C)cc21. The number of rotatable bonds is 3. The largest absolute Gasteiger partial charge is 0.487 e. The lowest BCUT2D eigenvalue weighted by molar-refractivity contribution is -0.117. The maximum atomic E-state index is 12.8. The van der Waals surface area contributed by atoms with Crippen LogP contribution >= 0.6 is 15.9 Å². The number of amides is 1. The van der Waals surface area contributed by atoms with Crippen LogP contribution in [0.3, 0.4) is 0 Å². The average Bonchev–Trinajstić information content (AvgIpc) is 2.56. The number of halogens is 1. The van der Waals surface area contributed by atoms with E-state index in [4.69, 9.17) is 4.74 Å². The average molecular weight is 439 g/mol. The third-order valence-corrected chi connectivity index (χ3v) is 5.97. The molecule has 1 heterocycles. The molecule has 1 N–H and O–H groups in total. The van der Waals surface area contributed by atoms with Gasteiger partial charge in [0.1, 0.15) is 11.9 Å². The first-order valence-corrected chi connectivity index (χ1v) is 10.3. The first kappa shape index (κ1) is 18.7. The Morgan fingerprint density at radius 3 is 2.65 bits per heavy atom. The highest BCUT2D eigenvalue weighted by molar-refractivity contribution is 9.10. The van der Waals surface area contributed by atoms with Crippen LogP contribution in [0.15, 0.2) is 45.8 Å². The van der Waals surface area contributed by atoms with Crippen molar-refractivity contribution in [2.24, 2.45) is 0 Å². The fraction of sp³-hybridized carbons (Fsp3) is 0.278. The van der Waals surface area contributed by atoms with Crippen LogP contribution in [0.4, 0.5) is 11.4 Å². The molecule has 0 fully saturated rings. The van der Waals surface area contributed by atoms with Gasteiger partial charge in [-0.1, -0.05) is 15.9 Å². The summed E-state index contributed by atoms with van der Waals surface area (Å²) in [4.78, 5) is 13.5. The van der Waals surface area contributed by atoms with Gasteiger partial charge in [-0.25, -0.2) is 8.42 Å². The van der Waals surface area contributed by atoms with Crippen molar-refractivity contribution in [1.82, 2.24) is 0 Å². The number of benzene rings is 2. The molecule has 1 aliphatic rings. The van der Waals surface area contributed by atoms with Gasteiger partial charge in [-0.05, 0) is 55.8 Å². The molecule has 0 aliphatic carbocycles. The van der Waals surface area contributed by atoms with Crippen molar-refractivity contribution in [3.8, 4) is 5.75 Å². The fourth-order valence-corrected chi connectivity index (χ4v) is 4.45. The zero-order chi connectivity index (χ0) is 19.1. The van der Waals surface area contributed by atoms with Gasteiger partial charge in [-0.2, -0.15) is 0 Å². The van der Waals surface area contributed by atoms with E-state index < -0.39 is 10.0 Å². The molecule has 0 radical (unpaired) electrons. The van der Waals surface area contributed by atoms with Crippen molar-refractivity contribution in [3.05, 3.63) is 46.4 Å². The molecule has 1 atom stereocenters. The standard InChI is InChI=1S/C18H19BrN2O4S/c1-11-8-14(19)4-6-16(11)20-26(23,24)15-5-7-18-17(9-15)21(13(3)22)10-12(2)25-18/h4-9,12,20H,10H2,1-3H3. The van der Waals surface area contributed by atoms with E-state index in [-0.39, 0.29) is 16.9 Å². The molecule has 8 heteroatoms. The molecular weight excluding hydrogens is 420 g/mol. The van der Waals surface area contributed by atoms with Gasteiger partial charge in [-0.3, -0.25) is 9.52 Å². The fourth-order valence-electron chi connectivity index (χ4n) is 2.83. The van der Waals surface area contributed by atoms with Crippen LogP contribution < -0.4 is 14.4 Å². The molecule has 2 aromatic carbocycles. The van der Waals surface area contributed by atoms with Crippen molar-refractivity contribution in [2.45, 2.75) is 31.8 Å². The monoisotopic (exact) mass is 438 g/mol. The van der Waals surface area contributed by atoms with E-state index in [9.17, 15) is 13.2 Å². The summed E-state index contributed by atoms with van der Waals surface area (Å²) >= 11 is 3.36.